The SMILES string of the molecule is COC(=O)C(C[P+](=O)O)C(=O)OC. The minimum Gasteiger partial charge on any atom is -0.468 e. The van der Waals surface area contributed by atoms with E-state index in [4.69, 9.17) is 4.89 Å². The van der Waals surface area contributed by atoms with Gasteiger partial charge in [0.2, 0.25) is 12.1 Å². The smallest absolute Gasteiger partial charge is 0.468 e. The third-order valence-corrected chi connectivity index (χ3v) is 1.99. The molecule has 0 saturated carbocycles. The molecule has 0 heterocycles. The Bertz CT molecular complexity index is 209. The number of hydrogen-bond acceptors (Lipinski definition) is 5. The normalized spacial score (nSPS) is 10.9. The lowest BCUT2D eigenvalue weighted by molar-refractivity contribution is -0.157. The lowest BCUT2D eigenvalue weighted by Gasteiger charge is -2.05. The van der Waals surface area contributed by atoms with E-state index >= 15 is 0 Å². The van der Waals surface area contributed by atoms with Gasteiger partial charge in [-0.2, -0.15) is 4.89 Å². The van der Waals surface area contributed by atoms with Crippen molar-refractivity contribution in [3.05, 3.63) is 0 Å². The highest BCUT2D eigenvalue weighted by molar-refractivity contribution is 7.38. The van der Waals surface area contributed by atoms with Gasteiger partial charge in [-0.05, 0) is 4.57 Å². The summed E-state index contributed by atoms with van der Waals surface area (Å²) in [5.41, 5.74) is 0. The highest BCUT2D eigenvalue weighted by atomic mass is 31.1. The Morgan fingerprint density at radius 2 is 1.69 bits per heavy atom. The summed E-state index contributed by atoms with van der Waals surface area (Å²) in [6.45, 7) is 0. The van der Waals surface area contributed by atoms with Crippen LogP contribution in [0.3, 0.4) is 0 Å². The maximum atomic E-state index is 10.9. The van der Waals surface area contributed by atoms with E-state index in [2.05, 4.69) is 9.47 Å². The molecule has 1 unspecified atom stereocenters. The summed E-state index contributed by atoms with van der Waals surface area (Å²) in [5.74, 6) is -3.06. The zero-order valence-electron chi connectivity index (χ0n) is 7.22. The zero-order chi connectivity index (χ0) is 10.4. The van der Waals surface area contributed by atoms with Crippen molar-refractivity contribution in [3.8, 4) is 0 Å². The first kappa shape index (κ1) is 12.0. The van der Waals surface area contributed by atoms with Crippen LogP contribution in [0.4, 0.5) is 0 Å². The molecule has 7 heteroatoms. The summed E-state index contributed by atoms with van der Waals surface area (Å²) in [7, 11) is -0.396. The van der Waals surface area contributed by atoms with Gasteiger partial charge in [-0.1, -0.05) is 0 Å². The van der Waals surface area contributed by atoms with Crippen molar-refractivity contribution >= 4 is 20.0 Å². The molecule has 0 fully saturated rings. The van der Waals surface area contributed by atoms with E-state index in [0.717, 1.165) is 14.2 Å². The monoisotopic (exact) mass is 209 g/mol. The van der Waals surface area contributed by atoms with Crippen LogP contribution in [-0.4, -0.2) is 37.2 Å². The third-order valence-electron chi connectivity index (χ3n) is 1.31. The summed E-state index contributed by atoms with van der Waals surface area (Å²) in [4.78, 5) is 30.3. The lowest BCUT2D eigenvalue weighted by Crippen LogP contribution is -2.28. The Morgan fingerprint density at radius 1 is 1.31 bits per heavy atom. The number of hydrogen-bond donors (Lipinski definition) is 1. The van der Waals surface area contributed by atoms with Gasteiger partial charge in [0.15, 0.2) is 0 Å². The van der Waals surface area contributed by atoms with Gasteiger partial charge in [0, 0.05) is 0 Å². The van der Waals surface area contributed by atoms with Crippen molar-refractivity contribution in [1.82, 2.24) is 0 Å². The first-order valence-electron chi connectivity index (χ1n) is 3.32. The summed E-state index contributed by atoms with van der Waals surface area (Å²) in [6, 6.07) is 0. The molecule has 0 saturated heterocycles. The van der Waals surface area contributed by atoms with E-state index < -0.39 is 32.0 Å². The Morgan fingerprint density at radius 3 is 1.92 bits per heavy atom. The molecule has 0 spiro atoms. The van der Waals surface area contributed by atoms with Gasteiger partial charge in [-0.15, -0.1) is 0 Å². The molecule has 0 bridgehead atoms. The fourth-order valence-corrected chi connectivity index (χ4v) is 1.30. The van der Waals surface area contributed by atoms with E-state index in [0.29, 0.717) is 0 Å². The summed E-state index contributed by atoms with van der Waals surface area (Å²) < 4.78 is 18.9. The predicted octanol–water partition coefficient (Wildman–Crippen LogP) is -0.317. The molecular weight excluding hydrogens is 199 g/mol. The molecular formula is C6H10O6P+. The molecule has 0 aliphatic rings. The number of rotatable bonds is 4. The number of carbonyl (C=O) groups is 2. The van der Waals surface area contributed by atoms with Crippen molar-refractivity contribution in [3.63, 3.8) is 0 Å². The fourth-order valence-electron chi connectivity index (χ4n) is 0.686. The van der Waals surface area contributed by atoms with Crippen LogP contribution in [0.25, 0.3) is 0 Å². The van der Waals surface area contributed by atoms with Crippen molar-refractivity contribution in [2.24, 2.45) is 5.92 Å². The maximum Gasteiger partial charge on any atom is 0.507 e. The minimum absolute atomic E-state index is 0.478. The Balaban J connectivity index is 4.45. The van der Waals surface area contributed by atoms with Gasteiger partial charge in [0.05, 0.1) is 14.2 Å². The van der Waals surface area contributed by atoms with E-state index in [-0.39, 0.29) is 0 Å². The molecule has 74 valence electrons. The Kier molecular flexibility index (Phi) is 5.18. The average molecular weight is 209 g/mol. The molecule has 0 aromatic rings. The standard InChI is InChI=1S/C6H9O6P/c1-11-5(7)4(3-13(9)10)6(8)12-2/h4H,3H2,1-2H3/p+1. The molecule has 0 aromatic carbocycles. The van der Waals surface area contributed by atoms with E-state index in [1.54, 1.807) is 0 Å². The number of methoxy groups -OCH3 is 2. The fraction of sp³-hybridized carbons (Fsp3) is 0.667. The molecule has 1 atom stereocenters. The van der Waals surface area contributed by atoms with Gasteiger partial charge in [-0.25, -0.2) is 0 Å². The average Bonchev–Trinajstić information content (AvgIpc) is 2.11. The Hall–Kier alpha value is -1.00. The highest BCUT2D eigenvalue weighted by Crippen LogP contribution is 2.19. The Labute approximate surface area is 75.7 Å². The summed E-state index contributed by atoms with van der Waals surface area (Å²) in [5, 5.41) is 0. The molecule has 0 radical (unpaired) electrons. The number of esters is 2. The zero-order valence-corrected chi connectivity index (χ0v) is 8.11. The molecule has 6 nitrogen and oxygen atoms in total. The molecule has 1 N–H and O–H groups in total. The van der Waals surface area contributed by atoms with Crippen molar-refractivity contribution in [2.75, 3.05) is 20.4 Å². The first-order chi connectivity index (χ1) is 6.02. The second kappa shape index (κ2) is 5.61. The molecule has 13 heavy (non-hydrogen) atoms. The van der Waals surface area contributed by atoms with E-state index in [9.17, 15) is 14.2 Å². The highest BCUT2D eigenvalue weighted by Gasteiger charge is 2.36. The van der Waals surface area contributed by atoms with Gasteiger partial charge in [-0.3, -0.25) is 9.59 Å². The van der Waals surface area contributed by atoms with Crippen LogP contribution >= 0.6 is 8.03 Å². The van der Waals surface area contributed by atoms with Gasteiger partial charge >= 0.3 is 20.0 Å². The molecule has 0 rings (SSSR count). The number of carbonyl (C=O) groups excluding carboxylic acids is 2. The topological polar surface area (TPSA) is 89.9 Å². The van der Waals surface area contributed by atoms with Crippen LogP contribution < -0.4 is 0 Å². The molecule has 0 aliphatic carbocycles. The van der Waals surface area contributed by atoms with Crippen LogP contribution in [0.5, 0.6) is 0 Å². The van der Waals surface area contributed by atoms with Crippen molar-refractivity contribution in [1.29, 1.82) is 0 Å². The predicted molar refractivity (Wildman–Crippen MR) is 42.2 cm³/mol. The van der Waals surface area contributed by atoms with Crippen molar-refractivity contribution in [2.45, 2.75) is 0 Å². The molecule has 0 aromatic heterocycles. The largest absolute Gasteiger partial charge is 0.507 e. The molecule has 0 aliphatic heterocycles. The van der Waals surface area contributed by atoms with Crippen molar-refractivity contribution < 1.29 is 28.5 Å². The summed E-state index contributed by atoms with van der Waals surface area (Å²) in [6.07, 6.45) is -0.478. The van der Waals surface area contributed by atoms with E-state index in [1.807, 2.05) is 0 Å². The number of ether oxygens (including phenoxy) is 2. The quantitative estimate of drug-likeness (QED) is 0.387. The van der Waals surface area contributed by atoms with Crippen LogP contribution in [0, 0.1) is 5.92 Å². The van der Waals surface area contributed by atoms with Crippen LogP contribution in [-0.2, 0) is 23.6 Å². The molecule has 0 amide bonds. The lowest BCUT2D eigenvalue weighted by atomic mass is 10.2. The van der Waals surface area contributed by atoms with Gasteiger partial charge in [0.1, 0.15) is 0 Å². The van der Waals surface area contributed by atoms with Crippen LogP contribution in [0.1, 0.15) is 0 Å². The first-order valence-corrected chi connectivity index (χ1v) is 4.71. The van der Waals surface area contributed by atoms with Gasteiger partial charge < -0.3 is 9.47 Å². The van der Waals surface area contributed by atoms with Crippen LogP contribution in [0.2, 0.25) is 0 Å². The minimum atomic E-state index is -2.57. The summed E-state index contributed by atoms with van der Waals surface area (Å²) >= 11 is 0. The maximum absolute atomic E-state index is 10.9. The van der Waals surface area contributed by atoms with Gasteiger partial charge in [0.25, 0.3) is 0 Å². The second-order valence-electron chi connectivity index (χ2n) is 2.13. The third kappa shape index (κ3) is 3.96. The second-order valence-corrected chi connectivity index (χ2v) is 3.20. The van der Waals surface area contributed by atoms with Crippen LogP contribution in [0.15, 0.2) is 0 Å². The van der Waals surface area contributed by atoms with E-state index in [1.165, 1.54) is 0 Å².